The van der Waals surface area contributed by atoms with Crippen LogP contribution in [0.5, 0.6) is 0 Å². The number of carbonyl (C=O) groups excluding carboxylic acids is 2. The third kappa shape index (κ3) is 21.4. The Kier molecular flexibility index (Phi) is 23.1. The summed E-state index contributed by atoms with van der Waals surface area (Å²) in [7, 11) is 0. The molecule has 0 aliphatic rings. The van der Waals surface area contributed by atoms with E-state index in [1.54, 1.807) is 20.8 Å². The Morgan fingerprint density at radius 3 is 1.57 bits per heavy atom. The van der Waals surface area contributed by atoms with Crippen molar-refractivity contribution in [2.24, 2.45) is 29.4 Å². The van der Waals surface area contributed by atoms with Gasteiger partial charge >= 0.3 is 35.8 Å². The zero-order chi connectivity index (χ0) is 37.7. The van der Waals surface area contributed by atoms with Crippen LogP contribution in [0.2, 0.25) is 0 Å². The highest BCUT2D eigenvalue weighted by atomic mass is 16.6. The highest BCUT2D eigenvalue weighted by Gasteiger charge is 2.37. The van der Waals surface area contributed by atoms with Crippen molar-refractivity contribution in [1.29, 1.82) is 0 Å². The number of hydrogen-bond donors (Lipinski definition) is 7. The summed E-state index contributed by atoms with van der Waals surface area (Å²) in [6, 6.07) is -0.300. The minimum atomic E-state index is -1.57. The van der Waals surface area contributed by atoms with Gasteiger partial charge < -0.3 is 45.8 Å². The second-order valence-corrected chi connectivity index (χ2v) is 13.4. The van der Waals surface area contributed by atoms with Crippen LogP contribution in [0, 0.1) is 23.7 Å². The van der Waals surface area contributed by atoms with Crippen molar-refractivity contribution in [3.8, 4) is 0 Å². The Hall–Kier alpha value is -3.30. The minimum Gasteiger partial charge on any atom is -0.481 e. The third-order valence-corrected chi connectivity index (χ3v) is 8.56. The zero-order valence-corrected chi connectivity index (χ0v) is 29.3. The molecule has 0 saturated heterocycles. The van der Waals surface area contributed by atoms with E-state index in [0.29, 0.717) is 25.7 Å². The Balaban J connectivity index is 5.94. The molecule has 15 nitrogen and oxygen atoms in total. The van der Waals surface area contributed by atoms with Crippen LogP contribution in [0.3, 0.4) is 0 Å². The van der Waals surface area contributed by atoms with E-state index in [-0.39, 0.29) is 24.8 Å². The van der Waals surface area contributed by atoms with Crippen LogP contribution in [0.4, 0.5) is 0 Å². The van der Waals surface area contributed by atoms with Crippen LogP contribution >= 0.6 is 0 Å². The van der Waals surface area contributed by atoms with Gasteiger partial charge in [-0.1, -0.05) is 59.3 Å². The number of carboxylic acid groups (broad SMARTS) is 4. The fourth-order valence-corrected chi connectivity index (χ4v) is 5.66. The van der Waals surface area contributed by atoms with E-state index in [1.165, 1.54) is 0 Å². The van der Waals surface area contributed by atoms with Gasteiger partial charge in [0.15, 0.2) is 0 Å². The quantitative estimate of drug-likeness (QED) is 0.0433. The largest absolute Gasteiger partial charge is 0.481 e. The predicted octanol–water partition coefficient (Wildman–Crippen LogP) is 3.59. The van der Waals surface area contributed by atoms with Crippen LogP contribution < -0.4 is 5.73 Å². The molecule has 0 aromatic heterocycles. The van der Waals surface area contributed by atoms with Gasteiger partial charge in [0.1, 0.15) is 12.2 Å². The lowest BCUT2D eigenvalue weighted by Gasteiger charge is -2.33. The number of hydrogen-bond acceptors (Lipinski definition) is 11. The predicted molar refractivity (Wildman–Crippen MR) is 176 cm³/mol. The second kappa shape index (κ2) is 24.8. The van der Waals surface area contributed by atoms with Crippen molar-refractivity contribution in [1.82, 2.24) is 0 Å². The van der Waals surface area contributed by atoms with Crippen molar-refractivity contribution in [2.45, 2.75) is 154 Å². The number of aliphatic hydroxyl groups is 2. The van der Waals surface area contributed by atoms with Gasteiger partial charge in [0.05, 0.1) is 49.7 Å². The summed E-state index contributed by atoms with van der Waals surface area (Å²) >= 11 is 0. The molecule has 0 amide bonds. The Labute approximate surface area is 288 Å². The number of carboxylic acids is 4. The first kappa shape index (κ1) is 45.7. The molecule has 0 rings (SSSR count). The third-order valence-electron chi connectivity index (χ3n) is 8.56. The van der Waals surface area contributed by atoms with Gasteiger partial charge in [0.25, 0.3) is 0 Å². The molecule has 8 N–H and O–H groups in total. The first-order chi connectivity index (χ1) is 22.9. The van der Waals surface area contributed by atoms with E-state index in [9.17, 15) is 49.2 Å². The van der Waals surface area contributed by atoms with Gasteiger partial charge in [-0.25, -0.2) is 0 Å². The van der Waals surface area contributed by atoms with Gasteiger partial charge in [-0.2, -0.15) is 0 Å². The van der Waals surface area contributed by atoms with Crippen LogP contribution in [0.25, 0.3) is 0 Å². The van der Waals surface area contributed by atoms with Gasteiger partial charge in [0, 0.05) is 6.04 Å². The SMILES string of the molecule is CCCC[C@@H](C)[C@@H](OC(=O)C[C@@H](CC(=O)O)C(=O)O)[C@H](C[C@@H](C)C[C@H](O)CCCCCC[C@H](O)[C@@H](C)N)OC(=O)C[C@H](CC(=O)O)C(=O)O. The number of nitrogens with two attached hydrogens (primary N) is 1. The Morgan fingerprint density at radius 2 is 1.12 bits per heavy atom. The molecule has 0 fully saturated rings. The topological polar surface area (TPSA) is 268 Å². The average molecular weight is 706 g/mol. The minimum absolute atomic E-state index is 0.0700. The molecule has 0 aliphatic carbocycles. The summed E-state index contributed by atoms with van der Waals surface area (Å²) in [5.41, 5.74) is 5.68. The molecule has 9 atom stereocenters. The van der Waals surface area contributed by atoms with Crippen molar-refractivity contribution in [3.05, 3.63) is 0 Å². The lowest BCUT2D eigenvalue weighted by atomic mass is 9.87. The molecule has 15 heteroatoms. The van der Waals surface area contributed by atoms with Gasteiger partial charge in [0.2, 0.25) is 0 Å². The number of rotatable bonds is 29. The van der Waals surface area contributed by atoms with Crippen molar-refractivity contribution >= 4 is 35.8 Å². The van der Waals surface area contributed by atoms with Crippen molar-refractivity contribution in [3.63, 3.8) is 0 Å². The summed E-state index contributed by atoms with van der Waals surface area (Å²) in [5, 5.41) is 57.6. The number of esters is 2. The molecular weight excluding hydrogens is 646 g/mol. The summed E-state index contributed by atoms with van der Waals surface area (Å²) in [6.45, 7) is 7.23. The van der Waals surface area contributed by atoms with Gasteiger partial charge in [-0.3, -0.25) is 28.8 Å². The van der Waals surface area contributed by atoms with Crippen LogP contribution in [0.15, 0.2) is 0 Å². The highest BCUT2D eigenvalue weighted by molar-refractivity contribution is 5.83. The number of unbranched alkanes of at least 4 members (excludes halogenated alkanes) is 4. The summed E-state index contributed by atoms with van der Waals surface area (Å²) in [6.07, 6.45) is -0.0465. The molecule has 0 unspecified atom stereocenters. The molecule has 284 valence electrons. The lowest BCUT2D eigenvalue weighted by Crippen LogP contribution is -2.42. The first-order valence-electron chi connectivity index (χ1n) is 17.3. The van der Waals surface area contributed by atoms with Crippen molar-refractivity contribution < 1.29 is 68.9 Å². The summed E-state index contributed by atoms with van der Waals surface area (Å²) < 4.78 is 11.4. The standard InChI is InChI=1S/C34H59NO14/c1-5-6-11-21(3)32(49-31(43)19-24(34(46)47)17-29(40)41)27(48-30(42)18-23(33(44)45)16-28(38)39)15-20(2)14-25(36)12-9-7-8-10-13-26(37)22(4)35/h20-27,32,36-37H,5-19,35H2,1-4H3,(H,38,39)(H,40,41)(H,44,45)(H,46,47)/t20-,21+,22+,23-,24+,25+,26-,27-,32+/m0/s1. The van der Waals surface area contributed by atoms with E-state index >= 15 is 0 Å². The molecule has 0 bridgehead atoms. The van der Waals surface area contributed by atoms with E-state index in [4.69, 9.17) is 25.4 Å². The zero-order valence-electron chi connectivity index (χ0n) is 29.3. The van der Waals surface area contributed by atoms with Gasteiger partial charge in [-0.15, -0.1) is 0 Å². The number of carbonyl (C=O) groups is 6. The van der Waals surface area contributed by atoms with Crippen LogP contribution in [0.1, 0.15) is 124 Å². The summed E-state index contributed by atoms with van der Waals surface area (Å²) in [5.74, 6) is -11.8. The molecule has 0 saturated carbocycles. The van der Waals surface area contributed by atoms with Crippen molar-refractivity contribution in [2.75, 3.05) is 0 Å². The number of aliphatic carboxylic acids is 4. The normalized spacial score (nSPS) is 17.0. The van der Waals surface area contributed by atoms with E-state index in [0.717, 1.165) is 32.1 Å². The maximum atomic E-state index is 13.0. The van der Waals surface area contributed by atoms with E-state index in [1.807, 2.05) is 6.92 Å². The molecule has 0 aromatic carbocycles. The highest BCUT2D eigenvalue weighted by Crippen LogP contribution is 2.29. The molecule has 0 aromatic rings. The maximum absolute atomic E-state index is 13.0. The molecule has 0 spiro atoms. The molecule has 49 heavy (non-hydrogen) atoms. The molecule has 0 radical (unpaired) electrons. The Morgan fingerprint density at radius 1 is 0.633 bits per heavy atom. The van der Waals surface area contributed by atoms with Gasteiger partial charge in [-0.05, 0) is 50.9 Å². The second-order valence-electron chi connectivity index (χ2n) is 13.4. The maximum Gasteiger partial charge on any atom is 0.307 e. The fraction of sp³-hybridized carbons (Fsp3) is 0.824. The van der Waals surface area contributed by atoms with E-state index in [2.05, 4.69) is 0 Å². The average Bonchev–Trinajstić information content (AvgIpc) is 2.98. The molecule has 0 heterocycles. The smallest absolute Gasteiger partial charge is 0.307 e. The van der Waals surface area contributed by atoms with E-state index < -0.39 is 104 Å². The molecular formula is C34H59NO14. The van der Waals surface area contributed by atoms with Crippen LogP contribution in [-0.4, -0.2) is 96.9 Å². The fourth-order valence-electron chi connectivity index (χ4n) is 5.66. The number of aliphatic hydroxyl groups excluding tert-OH is 2. The monoisotopic (exact) mass is 705 g/mol. The molecule has 0 aliphatic heterocycles. The lowest BCUT2D eigenvalue weighted by molar-refractivity contribution is -0.177. The van der Waals surface area contributed by atoms with Crippen LogP contribution in [-0.2, 0) is 38.2 Å². The summed E-state index contributed by atoms with van der Waals surface area (Å²) in [4.78, 5) is 71.6. The number of ether oxygens (including phenoxy) is 2. The first-order valence-corrected chi connectivity index (χ1v) is 17.3. The Bertz CT molecular complexity index is 1030.